The molecular formula is C17H36N2. The summed E-state index contributed by atoms with van der Waals surface area (Å²) in [6.07, 6.45) is 8.03. The lowest BCUT2D eigenvalue weighted by Gasteiger charge is -2.45. The van der Waals surface area contributed by atoms with Gasteiger partial charge in [0.15, 0.2) is 0 Å². The molecule has 0 aromatic carbocycles. The molecule has 0 bridgehead atoms. The zero-order valence-corrected chi connectivity index (χ0v) is 13.9. The van der Waals surface area contributed by atoms with Crippen LogP contribution in [-0.2, 0) is 0 Å². The summed E-state index contributed by atoms with van der Waals surface area (Å²) in [4.78, 5) is 2.60. The molecule has 0 heterocycles. The van der Waals surface area contributed by atoms with Crippen molar-refractivity contribution in [3.63, 3.8) is 0 Å². The van der Waals surface area contributed by atoms with Crippen LogP contribution >= 0.6 is 0 Å². The maximum absolute atomic E-state index is 6.01. The van der Waals surface area contributed by atoms with Gasteiger partial charge >= 0.3 is 0 Å². The Balaban J connectivity index is 2.58. The van der Waals surface area contributed by atoms with Crippen molar-refractivity contribution in [2.45, 2.75) is 72.3 Å². The average Bonchev–Trinajstić information content (AvgIpc) is 2.37. The van der Waals surface area contributed by atoms with E-state index in [0.717, 1.165) is 12.5 Å². The van der Waals surface area contributed by atoms with Crippen LogP contribution in [-0.4, -0.2) is 31.1 Å². The molecule has 19 heavy (non-hydrogen) atoms. The van der Waals surface area contributed by atoms with Crippen LogP contribution in [0, 0.1) is 17.3 Å². The Kier molecular flexibility index (Phi) is 6.82. The zero-order chi connectivity index (χ0) is 14.5. The number of hydrogen-bond donors (Lipinski definition) is 1. The Hall–Kier alpha value is -0.0800. The van der Waals surface area contributed by atoms with Crippen LogP contribution in [0.3, 0.4) is 0 Å². The summed E-state index contributed by atoms with van der Waals surface area (Å²) in [7, 11) is 2.31. The smallest absolute Gasteiger partial charge is 0.0135 e. The molecule has 3 unspecified atom stereocenters. The number of unbranched alkanes of at least 4 members (excludes halogenated alkanes) is 2. The maximum atomic E-state index is 6.01. The second-order valence-electron chi connectivity index (χ2n) is 7.63. The van der Waals surface area contributed by atoms with Gasteiger partial charge in [-0.2, -0.15) is 0 Å². The molecule has 1 rings (SSSR count). The Morgan fingerprint density at radius 1 is 1.16 bits per heavy atom. The molecule has 0 amide bonds. The van der Waals surface area contributed by atoms with Gasteiger partial charge in [-0.3, -0.25) is 0 Å². The summed E-state index contributed by atoms with van der Waals surface area (Å²) in [6, 6.07) is 0.708. The van der Waals surface area contributed by atoms with Crippen molar-refractivity contribution in [3.8, 4) is 0 Å². The summed E-state index contributed by atoms with van der Waals surface area (Å²) >= 11 is 0. The van der Waals surface area contributed by atoms with Crippen LogP contribution in [0.2, 0.25) is 0 Å². The molecule has 0 saturated heterocycles. The fraction of sp³-hybridized carbons (Fsp3) is 1.00. The van der Waals surface area contributed by atoms with Gasteiger partial charge < -0.3 is 10.6 Å². The average molecular weight is 268 g/mol. The molecule has 0 aliphatic heterocycles. The van der Waals surface area contributed by atoms with E-state index in [1.807, 2.05) is 0 Å². The predicted molar refractivity (Wildman–Crippen MR) is 85.3 cm³/mol. The lowest BCUT2D eigenvalue weighted by Crippen LogP contribution is -2.47. The first-order valence-electron chi connectivity index (χ1n) is 8.30. The maximum Gasteiger partial charge on any atom is 0.0135 e. The van der Waals surface area contributed by atoms with Crippen LogP contribution in [0.25, 0.3) is 0 Å². The highest BCUT2D eigenvalue weighted by Crippen LogP contribution is 2.41. The van der Waals surface area contributed by atoms with E-state index >= 15 is 0 Å². The van der Waals surface area contributed by atoms with Crippen molar-refractivity contribution < 1.29 is 0 Å². The van der Waals surface area contributed by atoms with Crippen LogP contribution in [0.4, 0.5) is 0 Å². The van der Waals surface area contributed by atoms with Crippen molar-refractivity contribution in [2.75, 3.05) is 20.1 Å². The molecule has 2 heteroatoms. The lowest BCUT2D eigenvalue weighted by atomic mass is 9.67. The highest BCUT2D eigenvalue weighted by atomic mass is 15.1. The summed E-state index contributed by atoms with van der Waals surface area (Å²) in [6.45, 7) is 11.6. The van der Waals surface area contributed by atoms with E-state index < -0.39 is 0 Å². The summed E-state index contributed by atoms with van der Waals surface area (Å²) in [5.41, 5.74) is 6.46. The summed E-state index contributed by atoms with van der Waals surface area (Å²) in [5.74, 6) is 1.57. The van der Waals surface area contributed by atoms with Gasteiger partial charge in [0, 0.05) is 6.04 Å². The topological polar surface area (TPSA) is 29.3 Å². The summed E-state index contributed by atoms with van der Waals surface area (Å²) < 4.78 is 0. The van der Waals surface area contributed by atoms with Gasteiger partial charge in [0.2, 0.25) is 0 Å². The molecule has 1 saturated carbocycles. The second kappa shape index (κ2) is 7.64. The van der Waals surface area contributed by atoms with Crippen molar-refractivity contribution >= 4 is 0 Å². The SMILES string of the molecule is CCCCCN(C)C1CC(C(C)(C)C)CCC1CN. The van der Waals surface area contributed by atoms with Crippen molar-refractivity contribution in [2.24, 2.45) is 23.0 Å². The van der Waals surface area contributed by atoms with Gasteiger partial charge in [-0.15, -0.1) is 0 Å². The van der Waals surface area contributed by atoms with Gasteiger partial charge in [0.05, 0.1) is 0 Å². The van der Waals surface area contributed by atoms with Gasteiger partial charge in [-0.05, 0) is 63.1 Å². The van der Waals surface area contributed by atoms with Gasteiger partial charge in [0.25, 0.3) is 0 Å². The zero-order valence-electron chi connectivity index (χ0n) is 13.9. The van der Waals surface area contributed by atoms with Crippen LogP contribution in [0.15, 0.2) is 0 Å². The molecule has 1 fully saturated rings. The molecule has 1 aliphatic carbocycles. The molecule has 2 nitrogen and oxygen atoms in total. The third-order valence-electron chi connectivity index (χ3n) is 5.16. The largest absolute Gasteiger partial charge is 0.330 e. The second-order valence-corrected chi connectivity index (χ2v) is 7.63. The van der Waals surface area contributed by atoms with Crippen molar-refractivity contribution in [3.05, 3.63) is 0 Å². The first-order chi connectivity index (χ1) is 8.90. The Labute approximate surface area is 121 Å². The Bertz CT molecular complexity index is 244. The Morgan fingerprint density at radius 3 is 2.37 bits per heavy atom. The third-order valence-corrected chi connectivity index (χ3v) is 5.16. The molecule has 3 atom stereocenters. The van der Waals surface area contributed by atoms with Crippen LogP contribution in [0.1, 0.15) is 66.2 Å². The minimum Gasteiger partial charge on any atom is -0.330 e. The molecule has 1 aliphatic rings. The molecule has 114 valence electrons. The van der Waals surface area contributed by atoms with Gasteiger partial charge in [-0.1, -0.05) is 40.5 Å². The number of hydrogen-bond acceptors (Lipinski definition) is 2. The standard InChI is InChI=1S/C17H36N2/c1-6-7-8-11-19(5)16-12-15(17(2,3)4)10-9-14(16)13-18/h14-16H,6-13,18H2,1-5H3. The van der Waals surface area contributed by atoms with Crippen LogP contribution < -0.4 is 5.73 Å². The number of rotatable bonds is 6. The third kappa shape index (κ3) is 5.07. The van der Waals surface area contributed by atoms with E-state index in [1.165, 1.54) is 45.1 Å². The normalized spacial score (nSPS) is 28.9. The first-order valence-corrected chi connectivity index (χ1v) is 8.30. The fourth-order valence-electron chi connectivity index (χ4n) is 3.59. The minimum atomic E-state index is 0.447. The highest BCUT2D eigenvalue weighted by molar-refractivity contribution is 4.90. The molecular weight excluding hydrogens is 232 g/mol. The van der Waals surface area contributed by atoms with Gasteiger partial charge in [0.1, 0.15) is 0 Å². The van der Waals surface area contributed by atoms with E-state index in [2.05, 4.69) is 39.6 Å². The Morgan fingerprint density at radius 2 is 1.84 bits per heavy atom. The number of nitrogens with two attached hydrogens (primary N) is 1. The van der Waals surface area contributed by atoms with E-state index in [9.17, 15) is 0 Å². The molecule has 0 aromatic rings. The fourth-order valence-corrected chi connectivity index (χ4v) is 3.59. The monoisotopic (exact) mass is 268 g/mol. The molecule has 0 radical (unpaired) electrons. The lowest BCUT2D eigenvalue weighted by molar-refractivity contribution is 0.0584. The van der Waals surface area contributed by atoms with E-state index in [0.29, 0.717) is 17.4 Å². The van der Waals surface area contributed by atoms with Gasteiger partial charge in [-0.25, -0.2) is 0 Å². The molecule has 0 aromatic heterocycles. The van der Waals surface area contributed by atoms with E-state index in [-0.39, 0.29) is 0 Å². The highest BCUT2D eigenvalue weighted by Gasteiger charge is 2.36. The van der Waals surface area contributed by atoms with Crippen LogP contribution in [0.5, 0.6) is 0 Å². The summed E-state index contributed by atoms with van der Waals surface area (Å²) in [5, 5.41) is 0. The van der Waals surface area contributed by atoms with Crippen molar-refractivity contribution in [1.29, 1.82) is 0 Å². The minimum absolute atomic E-state index is 0.447. The quantitative estimate of drug-likeness (QED) is 0.740. The first kappa shape index (κ1) is 17.0. The molecule has 0 spiro atoms. The number of nitrogens with zero attached hydrogens (tertiary/aromatic N) is 1. The van der Waals surface area contributed by atoms with Crippen molar-refractivity contribution in [1.82, 2.24) is 4.90 Å². The van der Waals surface area contributed by atoms with E-state index in [4.69, 9.17) is 5.73 Å². The molecule has 2 N–H and O–H groups in total. The predicted octanol–water partition coefficient (Wildman–Crippen LogP) is 3.90. The van der Waals surface area contributed by atoms with E-state index in [1.54, 1.807) is 0 Å².